The number of ether oxygens (including phenoxy) is 2. The molecule has 0 N–H and O–H groups in total. The first kappa shape index (κ1) is 17.2. The van der Waals surface area contributed by atoms with Crippen LogP contribution in [-0.4, -0.2) is 37.5 Å². The Hall–Kier alpha value is -1.18. The van der Waals surface area contributed by atoms with Gasteiger partial charge in [0.2, 0.25) is 0 Å². The molecular formula is C15H21BrN2O3Si. The average Bonchev–Trinajstić information content (AvgIpc) is 2.79. The first-order chi connectivity index (χ1) is 10.3. The number of hydrogen-bond acceptors (Lipinski definition) is 4. The van der Waals surface area contributed by atoms with Gasteiger partial charge in [-0.3, -0.25) is 0 Å². The van der Waals surface area contributed by atoms with Gasteiger partial charge >= 0.3 is 5.97 Å². The first-order valence-corrected chi connectivity index (χ1v) is 11.6. The van der Waals surface area contributed by atoms with Crippen molar-refractivity contribution in [2.75, 3.05) is 13.7 Å². The van der Waals surface area contributed by atoms with Crippen LogP contribution in [0, 0.1) is 0 Å². The third kappa shape index (κ3) is 4.18. The van der Waals surface area contributed by atoms with E-state index < -0.39 is 14.0 Å². The highest BCUT2D eigenvalue weighted by molar-refractivity contribution is 9.10. The van der Waals surface area contributed by atoms with Gasteiger partial charge in [-0.05, 0) is 24.2 Å². The van der Waals surface area contributed by atoms with Crippen molar-refractivity contribution >= 4 is 40.9 Å². The molecule has 0 fully saturated rings. The van der Waals surface area contributed by atoms with Crippen molar-refractivity contribution in [3.63, 3.8) is 0 Å². The summed E-state index contributed by atoms with van der Waals surface area (Å²) < 4.78 is 13.1. The highest BCUT2D eigenvalue weighted by atomic mass is 79.9. The maximum atomic E-state index is 11.9. The van der Waals surface area contributed by atoms with Gasteiger partial charge in [-0.15, -0.1) is 0 Å². The normalized spacial score (nSPS) is 11.9. The van der Waals surface area contributed by atoms with Gasteiger partial charge in [-0.1, -0.05) is 35.6 Å². The van der Waals surface area contributed by atoms with E-state index in [1.165, 1.54) is 7.11 Å². The molecule has 0 unspecified atom stereocenters. The van der Waals surface area contributed by atoms with Crippen LogP contribution in [0.2, 0.25) is 25.7 Å². The maximum Gasteiger partial charge on any atom is 0.359 e. The Morgan fingerprint density at radius 1 is 1.36 bits per heavy atom. The van der Waals surface area contributed by atoms with Gasteiger partial charge in [0.25, 0.3) is 0 Å². The molecule has 5 nitrogen and oxygen atoms in total. The molecule has 0 atom stereocenters. The smallest absolute Gasteiger partial charge is 0.359 e. The van der Waals surface area contributed by atoms with E-state index in [2.05, 4.69) is 40.7 Å². The fourth-order valence-electron chi connectivity index (χ4n) is 2.03. The summed E-state index contributed by atoms with van der Waals surface area (Å²) in [5, 5.41) is 5.10. The zero-order chi connectivity index (χ0) is 16.3. The number of esters is 1. The molecule has 2 aromatic rings. The zero-order valence-corrected chi connectivity index (χ0v) is 15.9. The van der Waals surface area contributed by atoms with Gasteiger partial charge in [0, 0.05) is 24.5 Å². The molecule has 0 aliphatic rings. The van der Waals surface area contributed by atoms with Crippen LogP contribution >= 0.6 is 15.9 Å². The third-order valence-electron chi connectivity index (χ3n) is 3.30. The molecule has 1 aromatic heterocycles. The van der Waals surface area contributed by atoms with Gasteiger partial charge < -0.3 is 9.47 Å². The Labute approximate surface area is 139 Å². The SMILES string of the molecule is COC(=O)c1nn(COCC[Si](C)(C)C)c2ccc(Br)cc12. The number of methoxy groups -OCH3 is 1. The summed E-state index contributed by atoms with van der Waals surface area (Å²) in [4.78, 5) is 11.9. The van der Waals surface area contributed by atoms with Crippen LogP contribution in [0.4, 0.5) is 0 Å². The second-order valence-corrected chi connectivity index (χ2v) is 12.9. The van der Waals surface area contributed by atoms with E-state index in [4.69, 9.17) is 9.47 Å². The van der Waals surface area contributed by atoms with E-state index in [1.807, 2.05) is 18.2 Å². The Balaban J connectivity index is 2.21. The van der Waals surface area contributed by atoms with E-state index >= 15 is 0 Å². The average molecular weight is 385 g/mol. The minimum atomic E-state index is -1.11. The van der Waals surface area contributed by atoms with E-state index in [9.17, 15) is 4.79 Å². The lowest BCUT2D eigenvalue weighted by molar-refractivity contribution is 0.0585. The summed E-state index contributed by atoms with van der Waals surface area (Å²) in [6.07, 6.45) is 0. The molecule has 0 aliphatic heterocycles. The van der Waals surface area contributed by atoms with Crippen molar-refractivity contribution in [3.05, 3.63) is 28.4 Å². The van der Waals surface area contributed by atoms with E-state index in [0.29, 0.717) is 19.0 Å². The number of rotatable bonds is 6. The molecule has 0 aliphatic carbocycles. The summed E-state index contributed by atoms with van der Waals surface area (Å²) in [6.45, 7) is 7.98. The van der Waals surface area contributed by atoms with Crippen LogP contribution in [0.5, 0.6) is 0 Å². The second-order valence-electron chi connectivity index (χ2n) is 6.35. The summed E-state index contributed by atoms with van der Waals surface area (Å²) in [5.74, 6) is -0.441. The second kappa shape index (κ2) is 6.93. The number of fused-ring (bicyclic) bond motifs is 1. The van der Waals surface area contributed by atoms with Crippen molar-refractivity contribution in [1.82, 2.24) is 9.78 Å². The molecule has 0 bridgehead atoms. The highest BCUT2D eigenvalue weighted by Gasteiger charge is 2.18. The van der Waals surface area contributed by atoms with Crippen molar-refractivity contribution in [3.8, 4) is 0 Å². The number of halogens is 1. The van der Waals surface area contributed by atoms with Gasteiger partial charge in [0.1, 0.15) is 6.73 Å². The third-order valence-corrected chi connectivity index (χ3v) is 5.50. The predicted octanol–water partition coefficient (Wildman–Crippen LogP) is 3.90. The Morgan fingerprint density at radius 2 is 2.09 bits per heavy atom. The Bertz CT molecular complexity index is 679. The molecule has 22 heavy (non-hydrogen) atoms. The quantitative estimate of drug-likeness (QED) is 0.430. The van der Waals surface area contributed by atoms with Crippen LogP contribution < -0.4 is 0 Å². The highest BCUT2D eigenvalue weighted by Crippen LogP contribution is 2.24. The molecule has 1 heterocycles. The molecule has 0 saturated heterocycles. The summed E-state index contributed by atoms with van der Waals surface area (Å²) in [5.41, 5.74) is 1.17. The number of hydrogen-bond donors (Lipinski definition) is 0. The van der Waals surface area contributed by atoms with Crippen molar-refractivity contribution in [2.45, 2.75) is 32.4 Å². The lowest BCUT2D eigenvalue weighted by Gasteiger charge is -2.15. The molecule has 7 heteroatoms. The van der Waals surface area contributed by atoms with Crippen LogP contribution in [0.25, 0.3) is 10.9 Å². The van der Waals surface area contributed by atoms with Gasteiger partial charge in [-0.25, -0.2) is 9.48 Å². The Morgan fingerprint density at radius 3 is 2.73 bits per heavy atom. The molecular weight excluding hydrogens is 364 g/mol. The molecule has 120 valence electrons. The fourth-order valence-corrected chi connectivity index (χ4v) is 3.14. The van der Waals surface area contributed by atoms with Crippen molar-refractivity contribution < 1.29 is 14.3 Å². The van der Waals surface area contributed by atoms with Crippen molar-refractivity contribution in [1.29, 1.82) is 0 Å². The Kier molecular flexibility index (Phi) is 5.41. The lowest BCUT2D eigenvalue weighted by atomic mass is 10.2. The fraction of sp³-hybridized carbons (Fsp3) is 0.467. The minimum Gasteiger partial charge on any atom is -0.464 e. The summed E-state index contributed by atoms with van der Waals surface area (Å²) in [6, 6.07) is 6.80. The van der Waals surface area contributed by atoms with E-state index in [0.717, 1.165) is 21.4 Å². The standard InChI is InChI=1S/C15H21BrN2O3Si/c1-20-15(19)14-12-9-11(16)5-6-13(12)18(17-14)10-21-7-8-22(2,3)4/h5-6,9H,7-8,10H2,1-4H3. The first-order valence-electron chi connectivity index (χ1n) is 7.14. The van der Waals surface area contributed by atoms with E-state index in [-0.39, 0.29) is 0 Å². The number of carbonyl (C=O) groups excluding carboxylic acids is 1. The molecule has 0 saturated carbocycles. The summed E-state index contributed by atoms with van der Waals surface area (Å²) >= 11 is 3.42. The number of nitrogens with zero attached hydrogens (tertiary/aromatic N) is 2. The van der Waals surface area contributed by atoms with Gasteiger partial charge in [0.05, 0.1) is 12.6 Å². The van der Waals surface area contributed by atoms with Crippen LogP contribution in [0.1, 0.15) is 10.5 Å². The topological polar surface area (TPSA) is 53.3 Å². The predicted molar refractivity (Wildman–Crippen MR) is 92.9 cm³/mol. The molecule has 2 rings (SSSR count). The van der Waals surface area contributed by atoms with Gasteiger partial charge in [0.15, 0.2) is 5.69 Å². The molecule has 1 aromatic carbocycles. The molecule has 0 amide bonds. The van der Waals surface area contributed by atoms with Crippen LogP contribution in [0.3, 0.4) is 0 Å². The number of carbonyl (C=O) groups is 1. The molecule has 0 radical (unpaired) electrons. The number of benzene rings is 1. The summed E-state index contributed by atoms with van der Waals surface area (Å²) in [7, 11) is 0.247. The maximum absolute atomic E-state index is 11.9. The zero-order valence-electron chi connectivity index (χ0n) is 13.4. The van der Waals surface area contributed by atoms with Crippen LogP contribution in [-0.2, 0) is 16.2 Å². The minimum absolute atomic E-state index is 0.313. The number of aromatic nitrogens is 2. The monoisotopic (exact) mass is 384 g/mol. The van der Waals surface area contributed by atoms with E-state index in [1.54, 1.807) is 4.68 Å². The van der Waals surface area contributed by atoms with Crippen molar-refractivity contribution in [2.24, 2.45) is 0 Å². The lowest BCUT2D eigenvalue weighted by Crippen LogP contribution is -2.22. The largest absolute Gasteiger partial charge is 0.464 e. The molecule has 0 spiro atoms. The van der Waals surface area contributed by atoms with Crippen LogP contribution in [0.15, 0.2) is 22.7 Å². The van der Waals surface area contributed by atoms with Gasteiger partial charge in [-0.2, -0.15) is 5.10 Å².